The van der Waals surface area contributed by atoms with Gasteiger partial charge in [-0.2, -0.15) is 0 Å². The van der Waals surface area contributed by atoms with Gasteiger partial charge in [0.2, 0.25) is 0 Å². The molecule has 16 heavy (non-hydrogen) atoms. The number of carboxylic acids is 1. The molecule has 2 fully saturated rings. The summed E-state index contributed by atoms with van der Waals surface area (Å²) in [4.78, 5) is 11.3. The molecule has 1 saturated carbocycles. The van der Waals surface area contributed by atoms with Crippen LogP contribution in [0.25, 0.3) is 0 Å². The number of aliphatic carboxylic acids is 1. The van der Waals surface area contributed by atoms with Gasteiger partial charge in [0.25, 0.3) is 0 Å². The van der Waals surface area contributed by atoms with Crippen LogP contribution in [0.1, 0.15) is 39.0 Å². The topological polar surface area (TPSA) is 46.5 Å². The Balaban J connectivity index is 2.03. The fraction of sp³-hybridized carbons (Fsp3) is 0.923. The van der Waals surface area contributed by atoms with Gasteiger partial charge < -0.3 is 9.84 Å². The van der Waals surface area contributed by atoms with E-state index in [1.807, 2.05) is 0 Å². The van der Waals surface area contributed by atoms with Crippen molar-refractivity contribution < 1.29 is 14.6 Å². The average Bonchev–Trinajstić information content (AvgIpc) is 2.29. The van der Waals surface area contributed by atoms with E-state index in [1.165, 1.54) is 0 Å². The summed E-state index contributed by atoms with van der Waals surface area (Å²) in [5, 5.41) is 9.29. The maximum atomic E-state index is 11.3. The highest BCUT2D eigenvalue weighted by Crippen LogP contribution is 2.41. The van der Waals surface area contributed by atoms with Gasteiger partial charge in [-0.1, -0.05) is 6.92 Å². The molecule has 0 radical (unpaired) electrons. The highest BCUT2D eigenvalue weighted by atomic mass is 16.5. The van der Waals surface area contributed by atoms with Crippen molar-refractivity contribution in [2.24, 2.45) is 23.7 Å². The fourth-order valence-corrected chi connectivity index (χ4v) is 3.40. The fourth-order valence-electron chi connectivity index (χ4n) is 3.40. The largest absolute Gasteiger partial charge is 0.481 e. The van der Waals surface area contributed by atoms with Crippen molar-refractivity contribution in [3.05, 3.63) is 0 Å². The number of hydrogen-bond acceptors (Lipinski definition) is 2. The number of hydrogen-bond donors (Lipinski definition) is 1. The Morgan fingerprint density at radius 1 is 1.19 bits per heavy atom. The Bertz CT molecular complexity index is 246. The summed E-state index contributed by atoms with van der Waals surface area (Å²) in [6.45, 7) is 3.90. The zero-order valence-electron chi connectivity index (χ0n) is 10.0. The monoisotopic (exact) mass is 226 g/mol. The van der Waals surface area contributed by atoms with Gasteiger partial charge in [-0.25, -0.2) is 0 Å². The van der Waals surface area contributed by atoms with Crippen LogP contribution in [0.15, 0.2) is 0 Å². The summed E-state index contributed by atoms with van der Waals surface area (Å²) in [7, 11) is 0. The normalized spacial score (nSPS) is 37.2. The highest BCUT2D eigenvalue weighted by Gasteiger charge is 2.38. The molecule has 0 spiro atoms. The first-order chi connectivity index (χ1) is 7.68. The maximum absolute atomic E-state index is 11.3. The van der Waals surface area contributed by atoms with Gasteiger partial charge in [0.1, 0.15) is 0 Å². The molecule has 2 aliphatic rings. The summed E-state index contributed by atoms with van der Waals surface area (Å²) in [5.41, 5.74) is 0. The lowest BCUT2D eigenvalue weighted by atomic mass is 9.67. The van der Waals surface area contributed by atoms with E-state index in [0.717, 1.165) is 45.3 Å². The molecular formula is C13H22O3. The van der Waals surface area contributed by atoms with Crippen LogP contribution in [0.3, 0.4) is 0 Å². The Kier molecular flexibility index (Phi) is 3.85. The van der Waals surface area contributed by atoms with E-state index in [4.69, 9.17) is 4.74 Å². The Labute approximate surface area is 97.2 Å². The minimum Gasteiger partial charge on any atom is -0.481 e. The average molecular weight is 226 g/mol. The predicted octanol–water partition coefficient (Wildman–Crippen LogP) is 2.55. The van der Waals surface area contributed by atoms with Crippen molar-refractivity contribution in [2.45, 2.75) is 39.0 Å². The third-order valence-electron chi connectivity index (χ3n) is 4.35. The minimum absolute atomic E-state index is 0.0979. The van der Waals surface area contributed by atoms with Crippen molar-refractivity contribution in [3.63, 3.8) is 0 Å². The highest BCUT2D eigenvalue weighted by molar-refractivity contribution is 5.70. The lowest BCUT2D eigenvalue weighted by Gasteiger charge is -2.39. The van der Waals surface area contributed by atoms with E-state index in [-0.39, 0.29) is 5.92 Å². The van der Waals surface area contributed by atoms with Gasteiger partial charge >= 0.3 is 5.97 Å². The molecule has 0 bridgehead atoms. The molecule has 3 unspecified atom stereocenters. The van der Waals surface area contributed by atoms with Crippen LogP contribution >= 0.6 is 0 Å². The molecular weight excluding hydrogens is 204 g/mol. The second-order valence-electron chi connectivity index (χ2n) is 5.48. The van der Waals surface area contributed by atoms with E-state index >= 15 is 0 Å². The molecule has 3 nitrogen and oxygen atoms in total. The molecule has 1 heterocycles. The number of carbonyl (C=O) groups is 1. The zero-order chi connectivity index (χ0) is 11.5. The van der Waals surface area contributed by atoms with Crippen molar-refractivity contribution >= 4 is 5.97 Å². The van der Waals surface area contributed by atoms with Crippen LogP contribution in [0, 0.1) is 23.7 Å². The number of rotatable bonds is 2. The van der Waals surface area contributed by atoms with Crippen LogP contribution in [-0.4, -0.2) is 24.3 Å². The first-order valence-electron chi connectivity index (χ1n) is 6.49. The quantitative estimate of drug-likeness (QED) is 0.787. The third-order valence-corrected chi connectivity index (χ3v) is 4.35. The van der Waals surface area contributed by atoms with E-state index in [1.54, 1.807) is 0 Å². The number of ether oxygens (including phenoxy) is 1. The second kappa shape index (κ2) is 5.17. The van der Waals surface area contributed by atoms with Gasteiger partial charge in [0.15, 0.2) is 0 Å². The van der Waals surface area contributed by atoms with Crippen LogP contribution in [0.4, 0.5) is 0 Å². The van der Waals surface area contributed by atoms with Crippen LogP contribution < -0.4 is 0 Å². The SMILES string of the molecule is CC1CCC(C(=O)O)C(C2CCOCC2)C1. The van der Waals surface area contributed by atoms with Crippen molar-refractivity contribution in [2.75, 3.05) is 13.2 Å². The first kappa shape index (κ1) is 11.9. The van der Waals surface area contributed by atoms with E-state index in [2.05, 4.69) is 6.92 Å². The van der Waals surface area contributed by atoms with Gasteiger partial charge in [0.05, 0.1) is 5.92 Å². The Morgan fingerprint density at radius 2 is 1.88 bits per heavy atom. The summed E-state index contributed by atoms with van der Waals surface area (Å²) < 4.78 is 5.37. The molecule has 3 heteroatoms. The van der Waals surface area contributed by atoms with Crippen molar-refractivity contribution in [3.8, 4) is 0 Å². The molecule has 92 valence electrons. The smallest absolute Gasteiger partial charge is 0.306 e. The molecule has 1 saturated heterocycles. The van der Waals surface area contributed by atoms with Crippen molar-refractivity contribution in [1.82, 2.24) is 0 Å². The van der Waals surface area contributed by atoms with Gasteiger partial charge in [-0.15, -0.1) is 0 Å². The van der Waals surface area contributed by atoms with E-state index in [0.29, 0.717) is 17.8 Å². The van der Waals surface area contributed by atoms with Gasteiger partial charge in [-0.3, -0.25) is 4.79 Å². The van der Waals surface area contributed by atoms with Crippen molar-refractivity contribution in [1.29, 1.82) is 0 Å². The van der Waals surface area contributed by atoms with E-state index in [9.17, 15) is 9.90 Å². The van der Waals surface area contributed by atoms with Crippen LogP contribution in [-0.2, 0) is 9.53 Å². The maximum Gasteiger partial charge on any atom is 0.306 e. The molecule has 1 N–H and O–H groups in total. The molecule has 0 aromatic heterocycles. The molecule has 0 amide bonds. The molecule has 3 atom stereocenters. The lowest BCUT2D eigenvalue weighted by molar-refractivity contribution is -0.147. The third kappa shape index (κ3) is 2.57. The first-order valence-corrected chi connectivity index (χ1v) is 6.49. The molecule has 1 aliphatic heterocycles. The summed E-state index contributed by atoms with van der Waals surface area (Å²) in [6, 6.07) is 0. The van der Waals surface area contributed by atoms with Crippen LogP contribution in [0.2, 0.25) is 0 Å². The number of carboxylic acid groups (broad SMARTS) is 1. The lowest BCUT2D eigenvalue weighted by Crippen LogP contribution is -2.37. The summed E-state index contributed by atoms with van der Waals surface area (Å²) in [6.07, 6.45) is 5.17. The summed E-state index contributed by atoms with van der Waals surface area (Å²) >= 11 is 0. The standard InChI is InChI=1S/C13H22O3/c1-9-2-3-11(13(14)15)12(8-9)10-4-6-16-7-5-10/h9-12H,2-8H2,1H3,(H,14,15). The molecule has 0 aromatic rings. The van der Waals surface area contributed by atoms with Gasteiger partial charge in [-0.05, 0) is 49.9 Å². The molecule has 2 rings (SSSR count). The van der Waals surface area contributed by atoms with Crippen LogP contribution in [0.5, 0.6) is 0 Å². The van der Waals surface area contributed by atoms with E-state index < -0.39 is 5.97 Å². The molecule has 1 aliphatic carbocycles. The predicted molar refractivity (Wildman–Crippen MR) is 61.2 cm³/mol. The second-order valence-corrected chi connectivity index (χ2v) is 5.48. The molecule has 0 aromatic carbocycles. The zero-order valence-corrected chi connectivity index (χ0v) is 10.0. The minimum atomic E-state index is -0.580. The Hall–Kier alpha value is -0.570. The Morgan fingerprint density at radius 3 is 2.50 bits per heavy atom. The van der Waals surface area contributed by atoms with Gasteiger partial charge in [0, 0.05) is 13.2 Å². The summed E-state index contributed by atoms with van der Waals surface area (Å²) in [5.74, 6) is 0.994.